The Bertz CT molecular complexity index is 966. The maximum atomic E-state index is 13.1. The number of fused-ring (bicyclic) bond motifs is 1. The molecule has 3 rings (SSSR count). The molecule has 0 bridgehead atoms. The van der Waals surface area contributed by atoms with Gasteiger partial charge in [0.05, 0.1) is 25.3 Å². The first-order chi connectivity index (χ1) is 12.5. The van der Waals surface area contributed by atoms with E-state index in [4.69, 9.17) is 4.74 Å². The van der Waals surface area contributed by atoms with Crippen molar-refractivity contribution in [2.75, 3.05) is 19.5 Å². The summed E-state index contributed by atoms with van der Waals surface area (Å²) in [5.41, 5.74) is 2.30. The fourth-order valence-electron chi connectivity index (χ4n) is 2.58. The molecule has 0 spiro atoms. The molecule has 7 nitrogen and oxygen atoms in total. The van der Waals surface area contributed by atoms with E-state index in [-0.39, 0.29) is 5.82 Å². The first-order valence-corrected chi connectivity index (χ1v) is 7.71. The number of ether oxygens (including phenoxy) is 2. The van der Waals surface area contributed by atoms with E-state index in [1.54, 1.807) is 30.3 Å². The molecule has 1 amide bonds. The van der Waals surface area contributed by atoms with Crippen molar-refractivity contribution in [1.29, 1.82) is 0 Å². The van der Waals surface area contributed by atoms with Gasteiger partial charge in [0, 0.05) is 12.1 Å². The summed E-state index contributed by atoms with van der Waals surface area (Å²) >= 11 is 0. The van der Waals surface area contributed by atoms with Crippen LogP contribution in [-0.2, 0) is 15.9 Å². The largest absolute Gasteiger partial charge is 0.453 e. The van der Waals surface area contributed by atoms with Crippen LogP contribution >= 0.6 is 0 Å². The molecule has 26 heavy (non-hydrogen) atoms. The molecule has 0 saturated heterocycles. The van der Waals surface area contributed by atoms with Crippen LogP contribution in [0.15, 0.2) is 42.5 Å². The Hall–Kier alpha value is -3.42. The average Bonchev–Trinajstić information content (AvgIpc) is 2.99. The summed E-state index contributed by atoms with van der Waals surface area (Å²) in [5.74, 6) is 0.0995. The molecule has 2 aromatic carbocycles. The summed E-state index contributed by atoms with van der Waals surface area (Å²) in [6.07, 6.45) is -0.884. The summed E-state index contributed by atoms with van der Waals surface area (Å²) in [7, 11) is 2.55. The lowest BCUT2D eigenvalue weighted by Crippen LogP contribution is -2.15. The minimum Gasteiger partial charge on any atom is -0.453 e. The van der Waals surface area contributed by atoms with Gasteiger partial charge in [-0.25, -0.2) is 23.5 Å². The molecule has 0 fully saturated rings. The number of carbonyl (C=O) groups excluding carboxylic acids is 2. The third-order valence-corrected chi connectivity index (χ3v) is 3.79. The van der Waals surface area contributed by atoms with Crippen molar-refractivity contribution in [2.24, 2.45) is 0 Å². The van der Waals surface area contributed by atoms with Crippen LogP contribution in [0.25, 0.3) is 11.0 Å². The molecular weight excluding hydrogens is 341 g/mol. The third-order valence-electron chi connectivity index (χ3n) is 3.79. The van der Waals surface area contributed by atoms with Crippen LogP contribution in [0, 0.1) is 5.82 Å². The maximum absolute atomic E-state index is 13.1. The highest BCUT2D eigenvalue weighted by atomic mass is 19.1. The molecule has 1 heterocycles. The molecule has 0 aliphatic carbocycles. The number of rotatable bonds is 3. The standard InChI is InChI=1S/C18H16FN3O4/c1-25-17(23)20-13-7-8-15-14(10-13)21-16(22(15)18(24)26-2)9-11-3-5-12(19)6-4-11/h3-8,10H,9H2,1-2H3,(H,20,23). The van der Waals surface area contributed by atoms with E-state index in [0.717, 1.165) is 5.56 Å². The second-order valence-electron chi connectivity index (χ2n) is 5.46. The first-order valence-electron chi connectivity index (χ1n) is 7.71. The fraction of sp³-hybridized carbons (Fsp3) is 0.167. The first kappa shape index (κ1) is 17.4. The molecule has 0 aliphatic heterocycles. The topological polar surface area (TPSA) is 82.5 Å². The van der Waals surface area contributed by atoms with Gasteiger partial charge in [-0.05, 0) is 35.9 Å². The molecule has 0 unspecified atom stereocenters. The Morgan fingerprint density at radius 1 is 1.12 bits per heavy atom. The lowest BCUT2D eigenvalue weighted by molar-refractivity contribution is 0.173. The predicted molar refractivity (Wildman–Crippen MR) is 92.8 cm³/mol. The van der Waals surface area contributed by atoms with E-state index in [0.29, 0.717) is 29.0 Å². The van der Waals surface area contributed by atoms with Crippen LogP contribution < -0.4 is 5.32 Å². The van der Waals surface area contributed by atoms with E-state index < -0.39 is 12.2 Å². The van der Waals surface area contributed by atoms with Crippen molar-refractivity contribution in [3.8, 4) is 0 Å². The highest BCUT2D eigenvalue weighted by Crippen LogP contribution is 2.23. The zero-order valence-electron chi connectivity index (χ0n) is 14.2. The van der Waals surface area contributed by atoms with Crippen LogP contribution in [-0.4, -0.2) is 36.0 Å². The molecule has 0 saturated carbocycles. The Balaban J connectivity index is 2.03. The number of imidazole rings is 1. The Morgan fingerprint density at radius 3 is 2.50 bits per heavy atom. The molecule has 1 aromatic heterocycles. The molecule has 0 atom stereocenters. The second kappa shape index (κ2) is 7.22. The number of hydrogen-bond donors (Lipinski definition) is 1. The lowest BCUT2D eigenvalue weighted by atomic mass is 10.1. The van der Waals surface area contributed by atoms with Crippen molar-refractivity contribution < 1.29 is 23.5 Å². The van der Waals surface area contributed by atoms with Gasteiger partial charge in [-0.2, -0.15) is 0 Å². The normalized spacial score (nSPS) is 10.6. The van der Waals surface area contributed by atoms with E-state index in [1.165, 1.54) is 30.9 Å². The number of anilines is 1. The molecule has 134 valence electrons. The molecule has 0 radical (unpaired) electrons. The molecule has 3 aromatic rings. The van der Waals surface area contributed by atoms with E-state index in [2.05, 4.69) is 15.0 Å². The van der Waals surface area contributed by atoms with Crippen LogP contribution in [0.3, 0.4) is 0 Å². The average molecular weight is 357 g/mol. The van der Waals surface area contributed by atoms with Crippen molar-refractivity contribution in [3.63, 3.8) is 0 Å². The van der Waals surface area contributed by atoms with Gasteiger partial charge in [0.2, 0.25) is 0 Å². The zero-order chi connectivity index (χ0) is 18.7. The van der Waals surface area contributed by atoms with E-state index >= 15 is 0 Å². The van der Waals surface area contributed by atoms with Crippen molar-refractivity contribution in [2.45, 2.75) is 6.42 Å². The van der Waals surface area contributed by atoms with Crippen molar-refractivity contribution >= 4 is 28.9 Å². The number of methoxy groups -OCH3 is 2. The second-order valence-corrected chi connectivity index (χ2v) is 5.46. The lowest BCUT2D eigenvalue weighted by Gasteiger charge is -2.07. The highest BCUT2D eigenvalue weighted by molar-refractivity contribution is 5.92. The number of hydrogen-bond acceptors (Lipinski definition) is 5. The van der Waals surface area contributed by atoms with E-state index in [1.807, 2.05) is 0 Å². The minimum absolute atomic E-state index is 0.309. The van der Waals surface area contributed by atoms with Crippen LogP contribution in [0.4, 0.5) is 19.7 Å². The Kier molecular flexibility index (Phi) is 4.83. The summed E-state index contributed by atoms with van der Waals surface area (Å²) in [6, 6.07) is 10.8. The Morgan fingerprint density at radius 2 is 1.85 bits per heavy atom. The molecule has 0 aliphatic rings. The van der Waals surface area contributed by atoms with Crippen LogP contribution in [0.1, 0.15) is 11.4 Å². The fourth-order valence-corrected chi connectivity index (χ4v) is 2.58. The monoisotopic (exact) mass is 357 g/mol. The smallest absolute Gasteiger partial charge is 0.419 e. The van der Waals surface area contributed by atoms with Crippen molar-refractivity contribution in [1.82, 2.24) is 9.55 Å². The van der Waals surface area contributed by atoms with Gasteiger partial charge >= 0.3 is 12.2 Å². The summed E-state index contributed by atoms with van der Waals surface area (Å²) in [4.78, 5) is 28.0. The number of carbonyl (C=O) groups is 2. The van der Waals surface area contributed by atoms with Gasteiger partial charge in [-0.1, -0.05) is 12.1 Å². The van der Waals surface area contributed by atoms with Crippen molar-refractivity contribution in [3.05, 3.63) is 59.7 Å². The van der Waals surface area contributed by atoms with Gasteiger partial charge in [-0.3, -0.25) is 5.32 Å². The summed E-state index contributed by atoms with van der Waals surface area (Å²) < 4.78 is 23.8. The Labute approximate surface area is 148 Å². The quantitative estimate of drug-likeness (QED) is 0.775. The number of nitrogens with zero attached hydrogens (tertiary/aromatic N) is 2. The third kappa shape index (κ3) is 3.49. The predicted octanol–water partition coefficient (Wildman–Crippen LogP) is 3.56. The molecule has 8 heteroatoms. The number of halogens is 1. The van der Waals surface area contributed by atoms with Crippen LogP contribution in [0.5, 0.6) is 0 Å². The molecular formula is C18H16FN3O4. The van der Waals surface area contributed by atoms with Gasteiger partial charge in [-0.15, -0.1) is 0 Å². The van der Waals surface area contributed by atoms with E-state index in [9.17, 15) is 14.0 Å². The minimum atomic E-state index is -0.608. The van der Waals surface area contributed by atoms with Gasteiger partial charge in [0.25, 0.3) is 0 Å². The number of amides is 1. The van der Waals surface area contributed by atoms with Gasteiger partial charge < -0.3 is 9.47 Å². The number of aromatic nitrogens is 2. The summed E-state index contributed by atoms with van der Waals surface area (Å²) in [5, 5.41) is 2.54. The SMILES string of the molecule is COC(=O)Nc1ccc2c(c1)nc(Cc1ccc(F)cc1)n2C(=O)OC. The summed E-state index contributed by atoms with van der Waals surface area (Å²) in [6.45, 7) is 0. The van der Waals surface area contributed by atoms with Crippen LogP contribution in [0.2, 0.25) is 0 Å². The van der Waals surface area contributed by atoms with Gasteiger partial charge in [0.1, 0.15) is 11.6 Å². The maximum Gasteiger partial charge on any atom is 0.419 e. The number of benzene rings is 2. The zero-order valence-corrected chi connectivity index (χ0v) is 14.2. The highest BCUT2D eigenvalue weighted by Gasteiger charge is 2.18. The number of nitrogens with one attached hydrogen (secondary N) is 1. The molecule has 1 N–H and O–H groups in total. The van der Waals surface area contributed by atoms with Gasteiger partial charge in [0.15, 0.2) is 0 Å².